The quantitative estimate of drug-likeness (QED) is 0.146. The SMILES string of the molecule is C=N/C=N\SSc1cc(Cl)c(Cn2ccc3cc(C(F)(F)F)ccc32)cc1F.CN. The number of nitrogens with two attached hydrogens (primary N) is 1. The number of hydrogen-bond acceptors (Lipinski definition) is 4. The van der Waals surface area contributed by atoms with Crippen molar-refractivity contribution in [2.45, 2.75) is 17.6 Å². The molecular formula is C19H17ClF4N4S2. The highest BCUT2D eigenvalue weighted by molar-refractivity contribution is 8.76. The topological polar surface area (TPSA) is 55.7 Å². The van der Waals surface area contributed by atoms with Crippen molar-refractivity contribution in [2.75, 3.05) is 7.05 Å². The molecule has 2 aromatic carbocycles. The Bertz CT molecular complexity index is 1050. The molecule has 0 radical (unpaired) electrons. The van der Waals surface area contributed by atoms with E-state index in [-0.39, 0.29) is 6.54 Å². The summed E-state index contributed by atoms with van der Waals surface area (Å²) in [5.41, 5.74) is 4.90. The summed E-state index contributed by atoms with van der Waals surface area (Å²) < 4.78 is 58.4. The third-order valence-electron chi connectivity index (χ3n) is 3.84. The molecular weight excluding hydrogens is 460 g/mol. The van der Waals surface area contributed by atoms with Crippen LogP contribution in [0.15, 0.2) is 56.9 Å². The number of fused-ring (bicyclic) bond motifs is 1. The van der Waals surface area contributed by atoms with E-state index in [9.17, 15) is 17.6 Å². The van der Waals surface area contributed by atoms with Gasteiger partial charge in [0, 0.05) is 28.7 Å². The molecule has 1 aromatic heterocycles. The molecule has 4 nitrogen and oxygen atoms in total. The standard InChI is InChI=1S/C18H12ClF4N3S2.CH5N/c1-24-10-25-28-27-17-8-14(19)12(7-15(17)20)9-26-5-4-11-6-13(18(21,22)23)2-3-16(11)26;1-2/h2-8,10H,1,9H2;2H2,1H3/b25-10-;. The smallest absolute Gasteiger partial charge is 0.343 e. The van der Waals surface area contributed by atoms with Crippen molar-refractivity contribution in [2.24, 2.45) is 15.1 Å². The van der Waals surface area contributed by atoms with Gasteiger partial charge >= 0.3 is 6.18 Å². The summed E-state index contributed by atoms with van der Waals surface area (Å²) in [6.45, 7) is 3.47. The number of hydrogen-bond donors (Lipinski definition) is 1. The van der Waals surface area contributed by atoms with Crippen LogP contribution in [0.4, 0.5) is 17.6 Å². The second kappa shape index (κ2) is 10.9. The zero-order valence-corrected chi connectivity index (χ0v) is 18.0. The maximum absolute atomic E-state index is 14.4. The van der Waals surface area contributed by atoms with Gasteiger partial charge in [-0.3, -0.25) is 4.99 Å². The van der Waals surface area contributed by atoms with Crippen LogP contribution in [0.3, 0.4) is 0 Å². The Morgan fingerprint density at radius 3 is 2.60 bits per heavy atom. The van der Waals surface area contributed by atoms with Crippen molar-refractivity contribution in [3.05, 3.63) is 64.6 Å². The fraction of sp³-hybridized carbons (Fsp3) is 0.158. The van der Waals surface area contributed by atoms with Crippen LogP contribution in [-0.2, 0) is 12.7 Å². The summed E-state index contributed by atoms with van der Waals surface area (Å²) >= 11 is 6.28. The van der Waals surface area contributed by atoms with Crippen LogP contribution in [-0.4, -0.2) is 24.7 Å². The van der Waals surface area contributed by atoms with E-state index in [2.05, 4.69) is 21.8 Å². The molecule has 30 heavy (non-hydrogen) atoms. The number of aromatic nitrogens is 1. The van der Waals surface area contributed by atoms with Crippen LogP contribution >= 0.6 is 33.4 Å². The van der Waals surface area contributed by atoms with Crippen molar-refractivity contribution in [1.29, 1.82) is 0 Å². The second-order valence-corrected chi connectivity index (χ2v) is 7.97. The molecule has 0 atom stereocenters. The molecule has 1 heterocycles. The fourth-order valence-electron chi connectivity index (χ4n) is 2.57. The maximum Gasteiger partial charge on any atom is 0.416 e. The highest BCUT2D eigenvalue weighted by Gasteiger charge is 2.30. The molecule has 0 aliphatic carbocycles. The van der Waals surface area contributed by atoms with Gasteiger partial charge in [-0.25, -0.2) is 4.39 Å². The summed E-state index contributed by atoms with van der Waals surface area (Å²) in [6, 6.07) is 7.90. The van der Waals surface area contributed by atoms with E-state index in [0.717, 1.165) is 33.9 Å². The lowest BCUT2D eigenvalue weighted by Crippen LogP contribution is -2.04. The van der Waals surface area contributed by atoms with Gasteiger partial charge in [-0.2, -0.15) is 17.6 Å². The molecule has 0 bridgehead atoms. The van der Waals surface area contributed by atoms with E-state index in [1.54, 1.807) is 16.8 Å². The normalized spacial score (nSPS) is 11.6. The van der Waals surface area contributed by atoms with E-state index in [1.165, 1.54) is 31.6 Å². The summed E-state index contributed by atoms with van der Waals surface area (Å²) in [5.74, 6) is -0.463. The number of alkyl halides is 3. The van der Waals surface area contributed by atoms with Crippen LogP contribution in [0.2, 0.25) is 5.02 Å². The minimum Gasteiger partial charge on any atom is -0.343 e. The predicted octanol–water partition coefficient (Wildman–Crippen LogP) is 6.46. The minimum absolute atomic E-state index is 0.223. The lowest BCUT2D eigenvalue weighted by atomic mass is 10.1. The van der Waals surface area contributed by atoms with Crippen molar-refractivity contribution in [3.8, 4) is 0 Å². The van der Waals surface area contributed by atoms with Gasteiger partial charge in [-0.1, -0.05) is 11.6 Å². The highest BCUT2D eigenvalue weighted by Crippen LogP contribution is 2.37. The minimum atomic E-state index is -4.40. The molecule has 0 saturated carbocycles. The van der Waals surface area contributed by atoms with Crippen LogP contribution in [0.25, 0.3) is 10.9 Å². The molecule has 0 spiro atoms. The van der Waals surface area contributed by atoms with E-state index in [4.69, 9.17) is 11.6 Å². The first-order valence-corrected chi connectivity index (χ1v) is 10.8. The van der Waals surface area contributed by atoms with Gasteiger partial charge in [0.1, 0.15) is 12.2 Å². The Hall–Kier alpha value is -2.01. The summed E-state index contributed by atoms with van der Waals surface area (Å²) in [7, 11) is 3.61. The molecule has 0 aliphatic heterocycles. The molecule has 3 rings (SSSR count). The first-order valence-electron chi connectivity index (χ1n) is 8.32. The third kappa shape index (κ3) is 6.00. The number of nitrogens with zero attached hydrogens (tertiary/aromatic N) is 3. The number of halogens is 5. The van der Waals surface area contributed by atoms with Gasteiger partial charge in [-0.15, -0.1) is 0 Å². The average Bonchev–Trinajstić information content (AvgIpc) is 3.11. The maximum atomic E-state index is 14.4. The third-order valence-corrected chi connectivity index (χ3v) is 5.96. The Morgan fingerprint density at radius 1 is 1.20 bits per heavy atom. The Morgan fingerprint density at radius 2 is 1.93 bits per heavy atom. The van der Waals surface area contributed by atoms with Gasteiger partial charge in [0.05, 0.1) is 21.4 Å². The molecule has 3 aromatic rings. The molecule has 160 valence electrons. The molecule has 0 saturated heterocycles. The van der Waals surface area contributed by atoms with Gasteiger partial charge in [0.2, 0.25) is 0 Å². The van der Waals surface area contributed by atoms with Crippen molar-refractivity contribution in [1.82, 2.24) is 4.57 Å². The fourth-order valence-corrected chi connectivity index (χ4v) is 4.26. The average molecular weight is 477 g/mol. The summed E-state index contributed by atoms with van der Waals surface area (Å²) in [4.78, 5) is 3.76. The van der Waals surface area contributed by atoms with Crippen LogP contribution in [0, 0.1) is 5.82 Å². The molecule has 0 aliphatic rings. The predicted molar refractivity (Wildman–Crippen MR) is 119 cm³/mol. The molecule has 2 N–H and O–H groups in total. The largest absolute Gasteiger partial charge is 0.416 e. The van der Waals surface area contributed by atoms with Gasteiger partial charge in [0.15, 0.2) is 0 Å². The summed E-state index contributed by atoms with van der Waals surface area (Å²) in [6.07, 6.45) is -1.51. The Labute approximate surface area is 183 Å². The van der Waals surface area contributed by atoms with Crippen molar-refractivity contribution in [3.63, 3.8) is 0 Å². The first kappa shape index (κ1) is 24.3. The highest BCUT2D eigenvalue weighted by atomic mass is 35.5. The molecule has 0 unspecified atom stereocenters. The van der Waals surface area contributed by atoms with Gasteiger partial charge < -0.3 is 10.3 Å². The lowest BCUT2D eigenvalue weighted by molar-refractivity contribution is -0.137. The first-order chi connectivity index (χ1) is 14.3. The van der Waals surface area contributed by atoms with E-state index >= 15 is 0 Å². The van der Waals surface area contributed by atoms with Gasteiger partial charge in [-0.05, 0) is 66.5 Å². The van der Waals surface area contributed by atoms with Crippen molar-refractivity contribution >= 4 is 57.3 Å². The van der Waals surface area contributed by atoms with Crippen LogP contribution in [0.1, 0.15) is 11.1 Å². The second-order valence-electron chi connectivity index (χ2n) is 5.65. The Balaban J connectivity index is 0.00000155. The zero-order chi connectivity index (χ0) is 22.3. The number of aliphatic imine (C=N–C) groups is 1. The molecule has 0 amide bonds. The van der Waals surface area contributed by atoms with E-state index in [0.29, 0.717) is 26.4 Å². The molecule has 0 fully saturated rings. The zero-order valence-electron chi connectivity index (χ0n) is 15.7. The molecule has 11 heteroatoms. The van der Waals surface area contributed by atoms with Crippen LogP contribution in [0.5, 0.6) is 0 Å². The van der Waals surface area contributed by atoms with Crippen LogP contribution < -0.4 is 5.73 Å². The number of benzene rings is 2. The lowest BCUT2D eigenvalue weighted by Gasteiger charge is -2.11. The monoisotopic (exact) mass is 476 g/mol. The van der Waals surface area contributed by atoms with E-state index in [1.807, 2.05) is 0 Å². The summed E-state index contributed by atoms with van der Waals surface area (Å²) in [5, 5.41) is 0.799. The Kier molecular flexibility index (Phi) is 8.78. The van der Waals surface area contributed by atoms with E-state index < -0.39 is 17.6 Å². The van der Waals surface area contributed by atoms with Gasteiger partial charge in [0.25, 0.3) is 0 Å². The number of rotatable bonds is 6. The van der Waals surface area contributed by atoms with Crippen molar-refractivity contribution < 1.29 is 17.6 Å².